The highest BCUT2D eigenvalue weighted by molar-refractivity contribution is 5.86. The Kier molecular flexibility index (Phi) is 5.54. The molecule has 36 heavy (non-hydrogen) atoms. The van der Waals surface area contributed by atoms with Crippen LogP contribution in [0.15, 0.2) is 6.20 Å². The first kappa shape index (κ1) is 22.7. The number of rotatable bonds is 4. The summed E-state index contributed by atoms with van der Waals surface area (Å²) in [5.41, 5.74) is 5.25. The van der Waals surface area contributed by atoms with Gasteiger partial charge in [0, 0.05) is 56.4 Å². The Bertz CT molecular complexity index is 1260. The molecule has 2 bridgehead atoms. The van der Waals surface area contributed by atoms with Crippen LogP contribution in [0.5, 0.6) is 0 Å². The lowest BCUT2D eigenvalue weighted by atomic mass is 9.60. The summed E-state index contributed by atoms with van der Waals surface area (Å²) >= 11 is 0. The van der Waals surface area contributed by atoms with Crippen molar-refractivity contribution in [2.24, 2.45) is 11.3 Å². The molecule has 0 aromatic carbocycles. The summed E-state index contributed by atoms with van der Waals surface area (Å²) in [6.07, 6.45) is 11.0. The van der Waals surface area contributed by atoms with Crippen molar-refractivity contribution in [3.05, 3.63) is 29.0 Å². The van der Waals surface area contributed by atoms with Crippen molar-refractivity contribution in [3.63, 3.8) is 0 Å². The van der Waals surface area contributed by atoms with Crippen molar-refractivity contribution in [1.29, 1.82) is 0 Å². The Labute approximate surface area is 212 Å². The second-order valence-corrected chi connectivity index (χ2v) is 11.7. The third kappa shape index (κ3) is 3.82. The molecule has 3 fully saturated rings. The molecular formula is C27H38N8O. The lowest BCUT2D eigenvalue weighted by molar-refractivity contribution is -0.0494. The van der Waals surface area contributed by atoms with E-state index in [4.69, 9.17) is 14.8 Å². The van der Waals surface area contributed by atoms with Crippen LogP contribution in [0.1, 0.15) is 61.3 Å². The van der Waals surface area contributed by atoms with E-state index in [1.165, 1.54) is 55.5 Å². The normalized spacial score (nSPS) is 29.0. The van der Waals surface area contributed by atoms with Crippen LogP contribution < -0.4 is 4.90 Å². The Morgan fingerprint density at radius 3 is 2.89 bits per heavy atom. The van der Waals surface area contributed by atoms with Gasteiger partial charge >= 0.3 is 0 Å². The lowest BCUT2D eigenvalue weighted by Crippen LogP contribution is -2.53. The first-order valence-corrected chi connectivity index (χ1v) is 13.9. The molecule has 9 nitrogen and oxygen atoms in total. The van der Waals surface area contributed by atoms with Crippen molar-refractivity contribution < 1.29 is 4.74 Å². The summed E-state index contributed by atoms with van der Waals surface area (Å²) in [6, 6.07) is 0.764. The molecule has 0 amide bonds. The third-order valence-corrected chi connectivity index (χ3v) is 9.53. The quantitative estimate of drug-likeness (QED) is 0.600. The zero-order chi connectivity index (χ0) is 24.3. The first-order chi connectivity index (χ1) is 17.6. The van der Waals surface area contributed by atoms with E-state index in [2.05, 4.69) is 36.6 Å². The summed E-state index contributed by atoms with van der Waals surface area (Å²) in [6.45, 7) is 11.1. The number of aromatic nitrogens is 6. The van der Waals surface area contributed by atoms with Crippen LogP contribution in [0.25, 0.3) is 11.0 Å². The molecule has 192 valence electrons. The summed E-state index contributed by atoms with van der Waals surface area (Å²) in [4.78, 5) is 14.4. The zero-order valence-electron chi connectivity index (χ0n) is 21.7. The smallest absolute Gasteiger partial charge is 0.161 e. The first-order valence-electron chi connectivity index (χ1n) is 13.9. The van der Waals surface area contributed by atoms with Crippen molar-refractivity contribution in [1.82, 2.24) is 34.8 Å². The van der Waals surface area contributed by atoms with Gasteiger partial charge in [-0.25, -0.2) is 9.97 Å². The molecule has 1 N–H and O–H groups in total. The molecule has 0 radical (unpaired) electrons. The third-order valence-electron chi connectivity index (χ3n) is 9.53. The molecule has 5 heterocycles. The molecule has 4 aliphatic rings. The van der Waals surface area contributed by atoms with Gasteiger partial charge in [-0.15, -0.1) is 0 Å². The Morgan fingerprint density at radius 1 is 1.11 bits per heavy atom. The molecule has 3 atom stereocenters. The second kappa shape index (κ2) is 8.80. The van der Waals surface area contributed by atoms with Gasteiger partial charge in [-0.05, 0) is 57.3 Å². The van der Waals surface area contributed by atoms with E-state index in [9.17, 15) is 0 Å². The summed E-state index contributed by atoms with van der Waals surface area (Å²) in [5.74, 6) is 2.60. The Balaban J connectivity index is 1.11. The van der Waals surface area contributed by atoms with Gasteiger partial charge in [-0.3, -0.25) is 14.7 Å². The van der Waals surface area contributed by atoms with Crippen molar-refractivity contribution in [2.45, 2.75) is 77.9 Å². The molecule has 1 saturated heterocycles. The number of H-pyrrole nitrogens is 1. The Hall–Kier alpha value is -2.52. The maximum Gasteiger partial charge on any atom is 0.161 e. The minimum atomic E-state index is 0.418. The van der Waals surface area contributed by atoms with E-state index in [1.807, 2.05) is 13.1 Å². The van der Waals surface area contributed by atoms with Gasteiger partial charge in [0.05, 0.1) is 30.5 Å². The monoisotopic (exact) mass is 490 g/mol. The van der Waals surface area contributed by atoms with Gasteiger partial charge in [-0.2, -0.15) is 10.2 Å². The highest BCUT2D eigenvalue weighted by Crippen LogP contribution is 2.51. The highest BCUT2D eigenvalue weighted by Gasteiger charge is 2.46. The van der Waals surface area contributed by atoms with Crippen molar-refractivity contribution >= 4 is 16.9 Å². The fourth-order valence-corrected chi connectivity index (χ4v) is 7.82. The number of fused-ring (bicyclic) bond motifs is 4. The zero-order valence-corrected chi connectivity index (χ0v) is 21.7. The predicted molar refractivity (Wildman–Crippen MR) is 138 cm³/mol. The van der Waals surface area contributed by atoms with Crippen LogP contribution >= 0.6 is 0 Å². The van der Waals surface area contributed by atoms with E-state index in [0.29, 0.717) is 5.41 Å². The van der Waals surface area contributed by atoms with Gasteiger partial charge in [0.15, 0.2) is 5.65 Å². The summed E-state index contributed by atoms with van der Waals surface area (Å²) in [5, 5.41) is 13.4. The number of aromatic amines is 1. The molecule has 2 aliphatic carbocycles. The fourth-order valence-electron chi connectivity index (χ4n) is 7.82. The summed E-state index contributed by atoms with van der Waals surface area (Å²) < 4.78 is 8.05. The number of nitrogens with zero attached hydrogens (tertiary/aromatic N) is 7. The molecule has 3 unspecified atom stereocenters. The molecule has 7 rings (SSSR count). The predicted octanol–water partition coefficient (Wildman–Crippen LogP) is 3.40. The second-order valence-electron chi connectivity index (χ2n) is 11.7. The van der Waals surface area contributed by atoms with Crippen molar-refractivity contribution in [2.75, 3.05) is 37.7 Å². The average molecular weight is 491 g/mol. The van der Waals surface area contributed by atoms with E-state index in [-0.39, 0.29) is 0 Å². The maximum absolute atomic E-state index is 5.64. The van der Waals surface area contributed by atoms with Crippen LogP contribution in [0, 0.1) is 25.2 Å². The van der Waals surface area contributed by atoms with Gasteiger partial charge in [0.1, 0.15) is 11.6 Å². The molecule has 0 spiro atoms. The van der Waals surface area contributed by atoms with Crippen LogP contribution in [-0.4, -0.2) is 73.7 Å². The van der Waals surface area contributed by atoms with Crippen LogP contribution in [0.2, 0.25) is 0 Å². The van der Waals surface area contributed by atoms with E-state index < -0.39 is 0 Å². The molecule has 2 saturated carbocycles. The van der Waals surface area contributed by atoms with Gasteiger partial charge in [-0.1, -0.05) is 6.42 Å². The minimum Gasteiger partial charge on any atom is -0.379 e. The SMILES string of the molecule is Cc1nc(N2CCc3c(c(C)nn3CC34CCCC(C3)C(N3CCOCC3)CC4)C2)c2cn[nH]c2n1. The van der Waals surface area contributed by atoms with Gasteiger partial charge in [0.25, 0.3) is 0 Å². The van der Waals surface area contributed by atoms with E-state index in [0.717, 1.165) is 87.0 Å². The number of hydrogen-bond donors (Lipinski definition) is 1. The molecule has 3 aromatic heterocycles. The molecule has 3 aromatic rings. The van der Waals surface area contributed by atoms with Crippen LogP contribution in [0.4, 0.5) is 5.82 Å². The van der Waals surface area contributed by atoms with Gasteiger partial charge in [0.2, 0.25) is 0 Å². The number of hydrogen-bond acceptors (Lipinski definition) is 7. The number of aryl methyl sites for hydroxylation is 2. The number of ether oxygens (including phenoxy) is 1. The minimum absolute atomic E-state index is 0.418. The number of nitrogens with one attached hydrogen (secondary N) is 1. The Morgan fingerprint density at radius 2 is 2.00 bits per heavy atom. The maximum atomic E-state index is 5.64. The van der Waals surface area contributed by atoms with Crippen LogP contribution in [-0.2, 0) is 24.2 Å². The van der Waals surface area contributed by atoms with Crippen molar-refractivity contribution in [3.8, 4) is 0 Å². The fraction of sp³-hybridized carbons (Fsp3) is 0.704. The number of morpholine rings is 1. The highest BCUT2D eigenvalue weighted by atomic mass is 16.5. The molecular weight excluding hydrogens is 452 g/mol. The number of anilines is 1. The van der Waals surface area contributed by atoms with E-state index in [1.54, 1.807) is 0 Å². The van der Waals surface area contributed by atoms with Crippen LogP contribution in [0.3, 0.4) is 0 Å². The topological polar surface area (TPSA) is 88.0 Å². The summed E-state index contributed by atoms with van der Waals surface area (Å²) in [7, 11) is 0. The largest absolute Gasteiger partial charge is 0.379 e. The lowest BCUT2D eigenvalue weighted by Gasteiger charge is -2.52. The molecule has 2 aliphatic heterocycles. The average Bonchev–Trinajstić information content (AvgIpc) is 3.48. The molecule has 9 heteroatoms. The van der Waals surface area contributed by atoms with E-state index >= 15 is 0 Å². The standard InChI is InChI=1S/C27H38N8O/c1-18-22-16-34(26-21-15-28-31-25(21)29-19(2)30-26)9-6-24(22)35(32-18)17-27-7-3-4-20(14-27)23(5-8-27)33-10-12-36-13-11-33/h15,20,23H,3-14,16-17H2,1-2H3,(H,28,29,30,31). The van der Waals surface area contributed by atoms with Gasteiger partial charge < -0.3 is 9.64 Å².